The van der Waals surface area contributed by atoms with Crippen molar-refractivity contribution in [2.24, 2.45) is 0 Å². The van der Waals surface area contributed by atoms with Crippen LogP contribution in [0.15, 0.2) is 47.3 Å². The number of anilines is 1. The average molecular weight is 479 g/mol. The van der Waals surface area contributed by atoms with Crippen molar-refractivity contribution in [1.29, 1.82) is 0 Å². The van der Waals surface area contributed by atoms with Gasteiger partial charge in [-0.25, -0.2) is 0 Å². The molecule has 0 spiro atoms. The van der Waals surface area contributed by atoms with Crippen molar-refractivity contribution in [1.82, 2.24) is 14.8 Å². The molecule has 1 aliphatic rings. The van der Waals surface area contributed by atoms with E-state index in [0.717, 1.165) is 73.5 Å². The summed E-state index contributed by atoms with van der Waals surface area (Å²) in [4.78, 5) is 20.5. The van der Waals surface area contributed by atoms with Crippen molar-refractivity contribution in [3.05, 3.63) is 75.1 Å². The Morgan fingerprint density at radius 2 is 1.82 bits per heavy atom. The standard InChI is InChI=1S/C27H34N4O2S/c1-19-6-8-24(21(3)15-19)29-27(34)31(10-4-9-30-11-13-33-14-12-30)18-23-17-22-7-5-20(2)16-25(22)28-26(23)32/h5-8,15-17H,4,9-14,18H2,1-3H3,(H,28,32)(H,29,34). The lowest BCUT2D eigenvalue weighted by atomic mass is 10.1. The Labute approximate surface area is 206 Å². The summed E-state index contributed by atoms with van der Waals surface area (Å²) in [5.74, 6) is 0. The van der Waals surface area contributed by atoms with Crippen LogP contribution in [0.4, 0.5) is 5.69 Å². The summed E-state index contributed by atoms with van der Waals surface area (Å²) in [6.45, 7) is 11.9. The van der Waals surface area contributed by atoms with Crippen molar-refractivity contribution in [3.8, 4) is 0 Å². The average Bonchev–Trinajstić information content (AvgIpc) is 2.81. The van der Waals surface area contributed by atoms with Crippen LogP contribution in [0.3, 0.4) is 0 Å². The Morgan fingerprint density at radius 1 is 1.09 bits per heavy atom. The number of fused-ring (bicyclic) bond motifs is 1. The van der Waals surface area contributed by atoms with Crippen LogP contribution >= 0.6 is 12.2 Å². The van der Waals surface area contributed by atoms with E-state index in [-0.39, 0.29) is 5.56 Å². The molecular formula is C27H34N4O2S. The van der Waals surface area contributed by atoms with Gasteiger partial charge in [-0.2, -0.15) is 0 Å². The number of nitrogens with zero attached hydrogens (tertiary/aromatic N) is 2. The number of nitrogens with one attached hydrogen (secondary N) is 2. The summed E-state index contributed by atoms with van der Waals surface area (Å²) >= 11 is 5.84. The third-order valence-corrected chi connectivity index (χ3v) is 6.72. The number of thiocarbonyl (C=S) groups is 1. The van der Waals surface area contributed by atoms with E-state index in [1.165, 1.54) is 5.56 Å². The molecular weight excluding hydrogens is 444 g/mol. The molecule has 2 aromatic carbocycles. The van der Waals surface area contributed by atoms with E-state index in [0.29, 0.717) is 17.2 Å². The number of aryl methyl sites for hydroxylation is 3. The minimum atomic E-state index is -0.0643. The fraction of sp³-hybridized carbons (Fsp3) is 0.407. The summed E-state index contributed by atoms with van der Waals surface area (Å²) in [7, 11) is 0. The van der Waals surface area contributed by atoms with Crippen LogP contribution in [0.2, 0.25) is 0 Å². The van der Waals surface area contributed by atoms with Crippen LogP contribution in [0.1, 0.15) is 28.7 Å². The van der Waals surface area contributed by atoms with Crippen LogP contribution < -0.4 is 10.9 Å². The minimum absolute atomic E-state index is 0.0643. The lowest BCUT2D eigenvalue weighted by Crippen LogP contribution is -2.40. The maximum Gasteiger partial charge on any atom is 0.253 e. The molecule has 6 nitrogen and oxygen atoms in total. The second-order valence-corrected chi connectivity index (χ2v) is 9.58. The first-order chi connectivity index (χ1) is 16.4. The zero-order chi connectivity index (χ0) is 24.1. The van der Waals surface area contributed by atoms with E-state index in [1.54, 1.807) is 0 Å². The Hall–Kier alpha value is -2.74. The number of pyridine rings is 1. The molecule has 1 aromatic heterocycles. The molecule has 1 aliphatic heterocycles. The molecule has 4 rings (SSSR count). The van der Waals surface area contributed by atoms with Crippen molar-refractivity contribution in [3.63, 3.8) is 0 Å². The molecule has 0 radical (unpaired) electrons. The maximum atomic E-state index is 12.9. The first-order valence-corrected chi connectivity index (χ1v) is 12.4. The van der Waals surface area contributed by atoms with Gasteiger partial charge in [0.05, 0.1) is 19.8 Å². The fourth-order valence-corrected chi connectivity index (χ4v) is 4.66. The lowest BCUT2D eigenvalue weighted by molar-refractivity contribution is 0.0367. The van der Waals surface area contributed by atoms with Gasteiger partial charge in [-0.3, -0.25) is 9.69 Å². The third kappa shape index (κ3) is 6.23. The van der Waals surface area contributed by atoms with Crippen molar-refractivity contribution < 1.29 is 4.74 Å². The summed E-state index contributed by atoms with van der Waals surface area (Å²) < 4.78 is 5.46. The quantitative estimate of drug-likeness (QED) is 0.492. The van der Waals surface area contributed by atoms with Crippen LogP contribution in [0.25, 0.3) is 10.9 Å². The molecule has 1 fully saturated rings. The third-order valence-electron chi connectivity index (χ3n) is 6.36. The Bertz CT molecular complexity index is 1220. The molecule has 3 aromatic rings. The number of rotatable bonds is 7. The minimum Gasteiger partial charge on any atom is -0.379 e. The summed E-state index contributed by atoms with van der Waals surface area (Å²) in [6.07, 6.45) is 0.958. The first kappa shape index (κ1) is 24.4. The van der Waals surface area contributed by atoms with Gasteiger partial charge in [0.2, 0.25) is 0 Å². The normalized spacial score (nSPS) is 14.3. The van der Waals surface area contributed by atoms with Crippen molar-refractivity contribution >= 4 is 33.9 Å². The van der Waals surface area contributed by atoms with E-state index >= 15 is 0 Å². The van der Waals surface area contributed by atoms with E-state index in [2.05, 4.69) is 64.3 Å². The smallest absolute Gasteiger partial charge is 0.253 e. The summed E-state index contributed by atoms with van der Waals surface area (Å²) in [6, 6.07) is 14.4. The van der Waals surface area contributed by atoms with Gasteiger partial charge in [-0.05, 0) is 74.1 Å². The van der Waals surface area contributed by atoms with Crippen LogP contribution in [0.5, 0.6) is 0 Å². The Balaban J connectivity index is 1.52. The predicted molar refractivity (Wildman–Crippen MR) is 144 cm³/mol. The summed E-state index contributed by atoms with van der Waals surface area (Å²) in [5.41, 5.74) is 6.00. The van der Waals surface area contributed by atoms with E-state index < -0.39 is 0 Å². The van der Waals surface area contributed by atoms with Gasteiger partial charge < -0.3 is 19.9 Å². The number of morpholine rings is 1. The second-order valence-electron chi connectivity index (χ2n) is 9.19. The van der Waals surface area contributed by atoms with Gasteiger partial charge in [-0.15, -0.1) is 0 Å². The van der Waals surface area contributed by atoms with Gasteiger partial charge in [0.25, 0.3) is 5.56 Å². The van der Waals surface area contributed by atoms with E-state index in [4.69, 9.17) is 17.0 Å². The number of hydrogen-bond donors (Lipinski definition) is 2. The molecule has 34 heavy (non-hydrogen) atoms. The topological polar surface area (TPSA) is 60.6 Å². The molecule has 0 saturated carbocycles. The zero-order valence-electron chi connectivity index (χ0n) is 20.3. The van der Waals surface area contributed by atoms with E-state index in [9.17, 15) is 4.79 Å². The van der Waals surface area contributed by atoms with E-state index in [1.807, 2.05) is 19.1 Å². The molecule has 0 atom stereocenters. The number of aromatic nitrogens is 1. The van der Waals surface area contributed by atoms with Crippen molar-refractivity contribution in [2.75, 3.05) is 44.7 Å². The highest BCUT2D eigenvalue weighted by Gasteiger charge is 2.16. The number of H-pyrrole nitrogens is 1. The molecule has 180 valence electrons. The van der Waals surface area contributed by atoms with Crippen LogP contribution in [0, 0.1) is 20.8 Å². The van der Waals surface area contributed by atoms with Gasteiger partial charge >= 0.3 is 0 Å². The molecule has 1 saturated heterocycles. The highest BCUT2D eigenvalue weighted by molar-refractivity contribution is 7.80. The lowest BCUT2D eigenvalue weighted by Gasteiger charge is -2.30. The largest absolute Gasteiger partial charge is 0.379 e. The monoisotopic (exact) mass is 478 g/mol. The van der Waals surface area contributed by atoms with Gasteiger partial charge in [-0.1, -0.05) is 29.8 Å². The molecule has 0 amide bonds. The first-order valence-electron chi connectivity index (χ1n) is 11.9. The van der Waals surface area contributed by atoms with Gasteiger partial charge in [0.1, 0.15) is 0 Å². The molecule has 0 bridgehead atoms. The number of ether oxygens (including phenoxy) is 1. The number of aromatic amines is 1. The number of hydrogen-bond acceptors (Lipinski definition) is 4. The van der Waals surface area contributed by atoms with Crippen molar-refractivity contribution in [2.45, 2.75) is 33.7 Å². The highest BCUT2D eigenvalue weighted by atomic mass is 32.1. The van der Waals surface area contributed by atoms with Crippen LogP contribution in [-0.4, -0.2) is 59.3 Å². The Morgan fingerprint density at radius 3 is 2.59 bits per heavy atom. The predicted octanol–water partition coefficient (Wildman–Crippen LogP) is 4.37. The molecule has 2 heterocycles. The SMILES string of the molecule is Cc1ccc(NC(=S)N(CCCN2CCOCC2)Cc2cc3ccc(C)cc3[nH]c2=O)c(C)c1. The second kappa shape index (κ2) is 11.1. The molecule has 7 heteroatoms. The molecule has 2 N–H and O–H groups in total. The fourth-order valence-electron chi connectivity index (χ4n) is 4.39. The zero-order valence-corrected chi connectivity index (χ0v) is 21.1. The van der Waals surface area contributed by atoms with Crippen LogP contribution in [-0.2, 0) is 11.3 Å². The maximum absolute atomic E-state index is 12.9. The molecule has 0 aliphatic carbocycles. The Kier molecular flexibility index (Phi) is 7.98. The molecule has 0 unspecified atom stereocenters. The van der Waals surface area contributed by atoms with Gasteiger partial charge in [0, 0.05) is 42.9 Å². The summed E-state index contributed by atoms with van der Waals surface area (Å²) in [5, 5.41) is 5.09. The highest BCUT2D eigenvalue weighted by Crippen LogP contribution is 2.18. The number of benzene rings is 2. The van der Waals surface area contributed by atoms with Gasteiger partial charge in [0.15, 0.2) is 5.11 Å².